The molecule has 1 heterocycles. The van der Waals surface area contributed by atoms with Crippen LogP contribution in [0.25, 0.3) is 0 Å². The molecule has 1 saturated heterocycles. The fourth-order valence-corrected chi connectivity index (χ4v) is 3.39. The van der Waals surface area contributed by atoms with Crippen molar-refractivity contribution in [3.63, 3.8) is 0 Å². The van der Waals surface area contributed by atoms with Gasteiger partial charge in [0.1, 0.15) is 0 Å². The summed E-state index contributed by atoms with van der Waals surface area (Å²) in [6.45, 7) is 3.03. The molecule has 2 heteroatoms. The number of aryl methyl sites for hydroxylation is 2. The maximum Gasteiger partial charge on any atom is 0.223 e. The van der Waals surface area contributed by atoms with E-state index in [2.05, 4.69) is 48.2 Å². The number of likely N-dealkylation sites (tertiary alicyclic amines) is 1. The predicted molar refractivity (Wildman–Crippen MR) is 89.6 cm³/mol. The number of carbonyl (C=O) groups excluding carboxylic acids is 1. The van der Waals surface area contributed by atoms with Gasteiger partial charge in [-0.2, -0.15) is 0 Å². The molecule has 2 nitrogen and oxygen atoms in total. The molecule has 114 valence electrons. The van der Waals surface area contributed by atoms with Crippen molar-refractivity contribution in [2.75, 3.05) is 6.54 Å². The topological polar surface area (TPSA) is 20.3 Å². The lowest BCUT2D eigenvalue weighted by Crippen LogP contribution is -2.31. The molecule has 2 aromatic rings. The van der Waals surface area contributed by atoms with Crippen LogP contribution in [0.5, 0.6) is 0 Å². The molecule has 1 aliphatic heterocycles. The van der Waals surface area contributed by atoms with Crippen LogP contribution in [-0.2, 0) is 11.2 Å². The van der Waals surface area contributed by atoms with Gasteiger partial charge in [0.05, 0.1) is 6.04 Å². The summed E-state index contributed by atoms with van der Waals surface area (Å²) in [4.78, 5) is 14.7. The second kappa shape index (κ2) is 6.78. The molecule has 22 heavy (non-hydrogen) atoms. The van der Waals surface area contributed by atoms with Crippen LogP contribution in [0.3, 0.4) is 0 Å². The highest BCUT2D eigenvalue weighted by molar-refractivity contribution is 5.77. The van der Waals surface area contributed by atoms with E-state index >= 15 is 0 Å². The number of hydrogen-bond acceptors (Lipinski definition) is 1. The summed E-state index contributed by atoms with van der Waals surface area (Å²) in [7, 11) is 0. The van der Waals surface area contributed by atoms with Crippen molar-refractivity contribution in [1.29, 1.82) is 0 Å². The molecule has 0 aromatic heterocycles. The Bertz CT molecular complexity index is 635. The Morgan fingerprint density at radius 1 is 1.09 bits per heavy atom. The van der Waals surface area contributed by atoms with Crippen LogP contribution in [0.2, 0.25) is 0 Å². The molecule has 1 fully saturated rings. The Morgan fingerprint density at radius 2 is 1.82 bits per heavy atom. The first-order valence-corrected chi connectivity index (χ1v) is 8.14. The molecule has 0 N–H and O–H groups in total. The Labute approximate surface area is 132 Å². The van der Waals surface area contributed by atoms with E-state index < -0.39 is 0 Å². The van der Waals surface area contributed by atoms with E-state index in [9.17, 15) is 4.79 Å². The zero-order chi connectivity index (χ0) is 15.4. The van der Waals surface area contributed by atoms with Crippen molar-refractivity contribution in [2.45, 2.75) is 38.6 Å². The minimum Gasteiger partial charge on any atom is -0.336 e. The summed E-state index contributed by atoms with van der Waals surface area (Å²) in [5, 5.41) is 0. The Balaban J connectivity index is 1.68. The van der Waals surface area contributed by atoms with Gasteiger partial charge in [-0.25, -0.2) is 0 Å². The van der Waals surface area contributed by atoms with E-state index in [4.69, 9.17) is 0 Å². The highest BCUT2D eigenvalue weighted by atomic mass is 16.2. The van der Waals surface area contributed by atoms with Crippen molar-refractivity contribution in [1.82, 2.24) is 4.90 Å². The van der Waals surface area contributed by atoms with Crippen LogP contribution >= 0.6 is 0 Å². The van der Waals surface area contributed by atoms with Gasteiger partial charge in [-0.05, 0) is 42.9 Å². The van der Waals surface area contributed by atoms with Crippen molar-refractivity contribution in [3.05, 3.63) is 71.3 Å². The number of amides is 1. The van der Waals surface area contributed by atoms with Crippen LogP contribution in [0.15, 0.2) is 54.6 Å². The van der Waals surface area contributed by atoms with Crippen LogP contribution in [0.1, 0.15) is 42.0 Å². The van der Waals surface area contributed by atoms with E-state index in [1.165, 1.54) is 16.7 Å². The number of hydrogen-bond donors (Lipinski definition) is 0. The molecule has 1 aliphatic rings. The third-order valence-electron chi connectivity index (χ3n) is 4.59. The van der Waals surface area contributed by atoms with Crippen LogP contribution < -0.4 is 0 Å². The molecule has 1 unspecified atom stereocenters. The van der Waals surface area contributed by atoms with Gasteiger partial charge in [-0.1, -0.05) is 54.6 Å². The molecule has 3 rings (SSSR count). The first-order valence-electron chi connectivity index (χ1n) is 8.14. The first kappa shape index (κ1) is 14.8. The van der Waals surface area contributed by atoms with Crippen LogP contribution in [0.4, 0.5) is 0 Å². The molecule has 0 aliphatic carbocycles. The van der Waals surface area contributed by atoms with Crippen LogP contribution in [0, 0.1) is 6.92 Å². The van der Waals surface area contributed by atoms with E-state index in [0.717, 1.165) is 25.8 Å². The molecule has 2 aromatic carbocycles. The minimum atomic E-state index is 0.268. The van der Waals surface area contributed by atoms with Gasteiger partial charge in [0.25, 0.3) is 0 Å². The summed E-state index contributed by atoms with van der Waals surface area (Å²) in [6.07, 6.45) is 3.63. The van der Waals surface area contributed by atoms with E-state index in [-0.39, 0.29) is 11.9 Å². The van der Waals surface area contributed by atoms with E-state index in [1.54, 1.807) is 0 Å². The van der Waals surface area contributed by atoms with Crippen molar-refractivity contribution < 1.29 is 4.79 Å². The van der Waals surface area contributed by atoms with Gasteiger partial charge < -0.3 is 4.90 Å². The molecule has 1 atom stereocenters. The van der Waals surface area contributed by atoms with Gasteiger partial charge >= 0.3 is 0 Å². The molecule has 1 amide bonds. The standard InChI is InChI=1S/C20H23NO/c1-16-8-5-6-11-18(16)19-12-7-15-21(19)20(22)14-13-17-9-3-2-4-10-17/h2-6,8-11,19H,7,12-15H2,1H3. The molecule has 0 spiro atoms. The molecule has 0 bridgehead atoms. The maximum absolute atomic E-state index is 12.6. The zero-order valence-electron chi connectivity index (χ0n) is 13.2. The monoisotopic (exact) mass is 293 g/mol. The van der Waals surface area contributed by atoms with Crippen molar-refractivity contribution in [2.24, 2.45) is 0 Å². The van der Waals surface area contributed by atoms with Gasteiger partial charge in [0, 0.05) is 13.0 Å². The maximum atomic E-state index is 12.6. The molecule has 0 radical (unpaired) electrons. The molecule has 0 saturated carbocycles. The second-order valence-electron chi connectivity index (χ2n) is 6.09. The highest BCUT2D eigenvalue weighted by Gasteiger charge is 2.30. The third-order valence-corrected chi connectivity index (χ3v) is 4.59. The Kier molecular flexibility index (Phi) is 4.57. The van der Waals surface area contributed by atoms with Gasteiger partial charge in [0.15, 0.2) is 0 Å². The quantitative estimate of drug-likeness (QED) is 0.823. The van der Waals surface area contributed by atoms with Crippen molar-refractivity contribution in [3.8, 4) is 0 Å². The summed E-state index contributed by atoms with van der Waals surface area (Å²) in [6, 6.07) is 19.0. The Morgan fingerprint density at radius 3 is 2.59 bits per heavy atom. The number of nitrogens with zero attached hydrogens (tertiary/aromatic N) is 1. The smallest absolute Gasteiger partial charge is 0.223 e. The summed E-state index contributed by atoms with van der Waals surface area (Å²) < 4.78 is 0. The second-order valence-corrected chi connectivity index (χ2v) is 6.09. The summed E-state index contributed by atoms with van der Waals surface area (Å²) in [5.41, 5.74) is 3.84. The third kappa shape index (κ3) is 3.22. The normalized spacial score (nSPS) is 17.7. The SMILES string of the molecule is Cc1ccccc1C1CCCN1C(=O)CCc1ccccc1. The molecular weight excluding hydrogens is 270 g/mol. The highest BCUT2D eigenvalue weighted by Crippen LogP contribution is 2.34. The van der Waals surface area contributed by atoms with Gasteiger partial charge in [-0.15, -0.1) is 0 Å². The lowest BCUT2D eigenvalue weighted by molar-refractivity contribution is -0.132. The first-order chi connectivity index (χ1) is 10.8. The lowest BCUT2D eigenvalue weighted by Gasteiger charge is -2.26. The fourth-order valence-electron chi connectivity index (χ4n) is 3.39. The van der Waals surface area contributed by atoms with Gasteiger partial charge in [-0.3, -0.25) is 4.79 Å². The van der Waals surface area contributed by atoms with E-state index in [1.807, 2.05) is 18.2 Å². The zero-order valence-corrected chi connectivity index (χ0v) is 13.2. The van der Waals surface area contributed by atoms with E-state index in [0.29, 0.717) is 6.42 Å². The molecular formula is C20H23NO. The van der Waals surface area contributed by atoms with Crippen LogP contribution in [-0.4, -0.2) is 17.4 Å². The summed E-state index contributed by atoms with van der Waals surface area (Å²) in [5.74, 6) is 0.287. The predicted octanol–water partition coefficient (Wildman–Crippen LogP) is 4.29. The lowest BCUT2D eigenvalue weighted by atomic mass is 9.99. The van der Waals surface area contributed by atoms with Crippen molar-refractivity contribution >= 4 is 5.91 Å². The number of carbonyl (C=O) groups is 1. The average molecular weight is 293 g/mol. The fraction of sp³-hybridized carbons (Fsp3) is 0.350. The number of rotatable bonds is 4. The summed E-state index contributed by atoms with van der Waals surface area (Å²) >= 11 is 0. The average Bonchev–Trinajstić information content (AvgIpc) is 3.03. The number of benzene rings is 2. The minimum absolute atomic E-state index is 0.268. The van der Waals surface area contributed by atoms with Gasteiger partial charge in [0.2, 0.25) is 5.91 Å². The Hall–Kier alpha value is -2.09. The largest absolute Gasteiger partial charge is 0.336 e.